The van der Waals surface area contributed by atoms with Gasteiger partial charge in [0.15, 0.2) is 0 Å². The van der Waals surface area contributed by atoms with Crippen LogP contribution in [0.3, 0.4) is 0 Å². The van der Waals surface area contributed by atoms with E-state index >= 15 is 0 Å². The second-order valence-corrected chi connectivity index (χ2v) is 9.38. The van der Waals surface area contributed by atoms with E-state index in [9.17, 15) is 13.2 Å². The van der Waals surface area contributed by atoms with Crippen LogP contribution in [0.5, 0.6) is 0 Å². The van der Waals surface area contributed by atoms with Gasteiger partial charge in [-0.15, -0.1) is 0 Å². The molecule has 2 aromatic heterocycles. The van der Waals surface area contributed by atoms with Crippen LogP contribution in [0.1, 0.15) is 42.7 Å². The molecule has 7 nitrogen and oxygen atoms in total. The van der Waals surface area contributed by atoms with Crippen molar-refractivity contribution in [2.24, 2.45) is 0 Å². The summed E-state index contributed by atoms with van der Waals surface area (Å²) in [7, 11) is 2.19. The van der Waals surface area contributed by atoms with Gasteiger partial charge in [0, 0.05) is 57.7 Å². The first kappa shape index (κ1) is 22.3. The Morgan fingerprint density at radius 1 is 0.879 bits per heavy atom. The summed E-state index contributed by atoms with van der Waals surface area (Å²) < 4.78 is 38.3. The van der Waals surface area contributed by atoms with Crippen LogP contribution in [0.4, 0.5) is 30.6 Å². The highest BCUT2D eigenvalue weighted by Gasteiger charge is 2.32. The fourth-order valence-electron chi connectivity index (χ4n) is 4.78. The fraction of sp³-hybridized carbons (Fsp3) is 0.609. The van der Waals surface area contributed by atoms with Gasteiger partial charge in [-0.2, -0.15) is 13.2 Å². The van der Waals surface area contributed by atoms with E-state index in [1.165, 1.54) is 0 Å². The number of nitrogens with zero attached hydrogens (tertiary/aromatic N) is 6. The Morgan fingerprint density at radius 3 is 2.15 bits per heavy atom. The van der Waals surface area contributed by atoms with Crippen LogP contribution in [0.2, 0.25) is 0 Å². The van der Waals surface area contributed by atoms with Gasteiger partial charge in [-0.1, -0.05) is 0 Å². The van der Waals surface area contributed by atoms with Crippen LogP contribution in [0.15, 0.2) is 24.7 Å². The first-order valence-electron chi connectivity index (χ1n) is 11.7. The van der Waals surface area contributed by atoms with Crippen LogP contribution < -0.4 is 10.2 Å². The summed E-state index contributed by atoms with van der Waals surface area (Å²) in [5.74, 6) is 1.58. The smallest absolute Gasteiger partial charge is 0.356 e. The molecule has 1 saturated carbocycles. The molecule has 33 heavy (non-hydrogen) atoms. The maximum atomic E-state index is 12.8. The minimum atomic E-state index is -4.45. The number of aromatic nitrogens is 3. The molecule has 5 rings (SSSR count). The van der Waals surface area contributed by atoms with E-state index in [0.717, 1.165) is 94.4 Å². The number of alkyl halides is 3. The van der Waals surface area contributed by atoms with Crippen molar-refractivity contribution in [3.8, 4) is 0 Å². The highest BCUT2D eigenvalue weighted by Crippen LogP contribution is 2.45. The van der Waals surface area contributed by atoms with Gasteiger partial charge in [-0.3, -0.25) is 4.90 Å². The summed E-state index contributed by atoms with van der Waals surface area (Å²) in [6, 6.07) is 2.79. The molecule has 2 aliphatic heterocycles. The van der Waals surface area contributed by atoms with E-state index in [-0.39, 0.29) is 5.95 Å². The molecule has 0 bridgehead atoms. The number of nitrogens with one attached hydrogen (secondary N) is 1. The molecular formula is C23H30F3N7. The standard InChI is InChI=1S/C23H30F3N7/c1-31-8-10-32(11-9-31)18-4-6-33(7-5-18)21-12-19(16-2-3-16)20(15-27-21)30-22-28-13-17(14-29-22)23(24,25)26/h12-16,18H,2-11H2,1H3,(H,28,29,30). The van der Waals surface area contributed by atoms with Crippen molar-refractivity contribution in [3.05, 3.63) is 35.8 Å². The SMILES string of the molecule is CN1CCN(C2CCN(c3cc(C4CC4)c(Nc4ncc(C(F)(F)F)cn4)cn3)CC2)CC1. The molecule has 3 fully saturated rings. The molecule has 1 aliphatic carbocycles. The molecular weight excluding hydrogens is 431 g/mol. The lowest BCUT2D eigenvalue weighted by molar-refractivity contribution is -0.138. The molecule has 4 heterocycles. The highest BCUT2D eigenvalue weighted by atomic mass is 19.4. The third-order valence-electron chi connectivity index (χ3n) is 7.01. The molecule has 0 amide bonds. The Hall–Kier alpha value is -2.46. The van der Waals surface area contributed by atoms with E-state index < -0.39 is 11.7 Å². The second-order valence-electron chi connectivity index (χ2n) is 9.38. The summed E-state index contributed by atoms with van der Waals surface area (Å²) in [5.41, 5.74) is 1.06. The Kier molecular flexibility index (Phi) is 6.13. The van der Waals surface area contributed by atoms with Crippen molar-refractivity contribution in [2.45, 2.75) is 43.8 Å². The second kappa shape index (κ2) is 9.06. The molecule has 3 aliphatic rings. The molecule has 178 valence electrons. The van der Waals surface area contributed by atoms with Gasteiger partial charge in [0.05, 0.1) is 17.4 Å². The predicted octanol–water partition coefficient (Wildman–Crippen LogP) is 3.73. The number of piperazine rings is 1. The number of pyridine rings is 1. The lowest BCUT2D eigenvalue weighted by Crippen LogP contribution is -2.52. The minimum absolute atomic E-state index is 0.146. The summed E-state index contributed by atoms with van der Waals surface area (Å²) in [6.45, 7) is 6.56. The number of anilines is 3. The molecule has 0 spiro atoms. The average Bonchev–Trinajstić information content (AvgIpc) is 3.65. The topological polar surface area (TPSA) is 60.4 Å². The van der Waals surface area contributed by atoms with Crippen molar-refractivity contribution in [1.82, 2.24) is 24.8 Å². The van der Waals surface area contributed by atoms with Crippen LogP contribution >= 0.6 is 0 Å². The molecule has 1 N–H and O–H groups in total. The van der Waals surface area contributed by atoms with Gasteiger partial charge in [-0.05, 0) is 50.3 Å². The zero-order valence-electron chi connectivity index (χ0n) is 18.9. The van der Waals surface area contributed by atoms with E-state index in [0.29, 0.717) is 12.0 Å². The molecule has 2 saturated heterocycles. The summed E-state index contributed by atoms with van der Waals surface area (Å²) in [4.78, 5) is 19.8. The Morgan fingerprint density at radius 2 is 1.55 bits per heavy atom. The van der Waals surface area contributed by atoms with Crippen molar-refractivity contribution < 1.29 is 13.2 Å². The van der Waals surface area contributed by atoms with Crippen molar-refractivity contribution in [1.29, 1.82) is 0 Å². The van der Waals surface area contributed by atoms with Crippen molar-refractivity contribution in [2.75, 3.05) is 56.5 Å². The summed E-state index contributed by atoms with van der Waals surface area (Å²) >= 11 is 0. The van der Waals surface area contributed by atoms with E-state index in [1.54, 1.807) is 6.20 Å². The first-order valence-corrected chi connectivity index (χ1v) is 11.7. The van der Waals surface area contributed by atoms with Gasteiger partial charge in [0.2, 0.25) is 5.95 Å². The predicted molar refractivity (Wildman–Crippen MR) is 121 cm³/mol. The van der Waals surface area contributed by atoms with Gasteiger partial charge in [0.25, 0.3) is 0 Å². The number of piperidine rings is 1. The quantitative estimate of drug-likeness (QED) is 0.728. The highest BCUT2D eigenvalue weighted by molar-refractivity contribution is 5.63. The van der Waals surface area contributed by atoms with Crippen LogP contribution in [-0.2, 0) is 6.18 Å². The minimum Gasteiger partial charge on any atom is -0.356 e. The van der Waals surface area contributed by atoms with E-state index in [1.807, 2.05) is 0 Å². The van der Waals surface area contributed by atoms with Gasteiger partial charge >= 0.3 is 6.18 Å². The summed E-state index contributed by atoms with van der Waals surface area (Å²) in [6.07, 6.45) is 3.44. The Bertz CT molecular complexity index is 946. The number of likely N-dealkylation sites (N-methyl/N-ethyl adjacent to an activating group) is 1. The summed E-state index contributed by atoms with van der Waals surface area (Å²) in [5, 5.41) is 3.08. The molecule has 0 radical (unpaired) electrons. The third kappa shape index (κ3) is 5.22. The normalized spacial score (nSPS) is 21.4. The van der Waals surface area contributed by atoms with Crippen molar-refractivity contribution >= 4 is 17.5 Å². The van der Waals surface area contributed by atoms with Crippen molar-refractivity contribution in [3.63, 3.8) is 0 Å². The molecule has 0 atom stereocenters. The number of hydrogen-bond donors (Lipinski definition) is 1. The zero-order chi connectivity index (χ0) is 23.0. The van der Waals surface area contributed by atoms with E-state index in [4.69, 9.17) is 0 Å². The monoisotopic (exact) mass is 461 g/mol. The maximum absolute atomic E-state index is 12.8. The van der Waals surface area contributed by atoms with Gasteiger partial charge < -0.3 is 15.1 Å². The van der Waals surface area contributed by atoms with Crippen LogP contribution in [0, 0.1) is 0 Å². The first-order chi connectivity index (χ1) is 15.9. The molecule has 2 aromatic rings. The Balaban J connectivity index is 1.25. The lowest BCUT2D eigenvalue weighted by Gasteiger charge is -2.42. The zero-order valence-corrected chi connectivity index (χ0v) is 18.9. The molecule has 0 unspecified atom stereocenters. The van der Waals surface area contributed by atoms with Crippen LogP contribution in [-0.4, -0.2) is 77.1 Å². The molecule has 10 heteroatoms. The van der Waals surface area contributed by atoms with Gasteiger partial charge in [-0.25, -0.2) is 15.0 Å². The largest absolute Gasteiger partial charge is 0.419 e. The molecule has 0 aromatic carbocycles. The number of halogens is 3. The lowest BCUT2D eigenvalue weighted by atomic mass is 10.0. The number of hydrogen-bond acceptors (Lipinski definition) is 7. The fourth-order valence-corrected chi connectivity index (χ4v) is 4.78. The van der Waals surface area contributed by atoms with Gasteiger partial charge in [0.1, 0.15) is 5.82 Å². The maximum Gasteiger partial charge on any atom is 0.419 e. The number of rotatable bonds is 5. The van der Waals surface area contributed by atoms with E-state index in [2.05, 4.69) is 48.1 Å². The average molecular weight is 462 g/mol. The third-order valence-corrected chi connectivity index (χ3v) is 7.01. The van der Waals surface area contributed by atoms with Crippen LogP contribution in [0.25, 0.3) is 0 Å². The Labute approximate surface area is 192 Å².